The van der Waals surface area contributed by atoms with Gasteiger partial charge in [-0.05, 0) is 42.5 Å². The minimum Gasteiger partial charge on any atom is -0.459 e. The first-order chi connectivity index (χ1) is 12.3. The molecule has 1 N–H and O–H groups in total. The Labute approximate surface area is 153 Å². The molecule has 3 rings (SSSR count). The Kier molecular flexibility index (Phi) is 4.99. The van der Waals surface area contributed by atoms with Crippen molar-refractivity contribution >= 4 is 28.1 Å². The molecule has 0 unspecified atom stereocenters. The molecule has 0 aliphatic heterocycles. The maximum atomic E-state index is 13.2. The molecule has 0 saturated heterocycles. The molecule has 5 nitrogen and oxygen atoms in total. The highest BCUT2D eigenvalue weighted by atomic mass is 79.9. The number of alkyl halides is 3. The first kappa shape index (κ1) is 18.0. The van der Waals surface area contributed by atoms with E-state index in [0.717, 1.165) is 6.07 Å². The van der Waals surface area contributed by atoms with Crippen LogP contribution in [0, 0.1) is 0 Å². The number of nitrogens with zero attached hydrogens (tertiary/aromatic N) is 1. The van der Waals surface area contributed by atoms with E-state index in [9.17, 15) is 18.0 Å². The van der Waals surface area contributed by atoms with E-state index in [0.29, 0.717) is 4.47 Å². The lowest BCUT2D eigenvalue weighted by Gasteiger charge is -2.11. The first-order valence-electron chi connectivity index (χ1n) is 7.18. The zero-order valence-corrected chi connectivity index (χ0v) is 14.5. The number of carbonyl (C=O) groups is 1. The fraction of sp³-hybridized carbons (Fsp3) is 0.0588. The van der Waals surface area contributed by atoms with Gasteiger partial charge in [-0.25, -0.2) is 5.43 Å². The maximum absolute atomic E-state index is 13.2. The van der Waals surface area contributed by atoms with E-state index in [1.54, 1.807) is 6.07 Å². The predicted molar refractivity (Wildman–Crippen MR) is 90.6 cm³/mol. The van der Waals surface area contributed by atoms with Gasteiger partial charge in [-0.2, -0.15) is 18.3 Å². The fourth-order valence-electron chi connectivity index (χ4n) is 2.15. The lowest BCUT2D eigenvalue weighted by molar-refractivity contribution is -0.137. The van der Waals surface area contributed by atoms with Crippen molar-refractivity contribution in [1.82, 2.24) is 5.43 Å². The van der Waals surface area contributed by atoms with Crippen LogP contribution in [0.2, 0.25) is 0 Å². The van der Waals surface area contributed by atoms with E-state index in [1.165, 1.54) is 42.8 Å². The summed E-state index contributed by atoms with van der Waals surface area (Å²) in [6, 6.07) is 9.63. The summed E-state index contributed by atoms with van der Waals surface area (Å²) in [4.78, 5) is 11.6. The number of halogens is 4. The normalized spacial score (nSPS) is 11.8. The molecule has 0 aliphatic carbocycles. The molecule has 2 aromatic heterocycles. The molecule has 0 saturated carbocycles. The van der Waals surface area contributed by atoms with Crippen molar-refractivity contribution in [1.29, 1.82) is 0 Å². The molecule has 3 aromatic rings. The summed E-state index contributed by atoms with van der Waals surface area (Å²) in [5, 5.41) is 3.68. The molecule has 0 atom stereocenters. The van der Waals surface area contributed by atoms with Gasteiger partial charge in [-0.15, -0.1) is 0 Å². The topological polar surface area (TPSA) is 67.7 Å². The molecular formula is C17H10BrF3N2O3. The van der Waals surface area contributed by atoms with E-state index < -0.39 is 17.6 Å². The molecular weight excluding hydrogens is 417 g/mol. The van der Waals surface area contributed by atoms with Crippen LogP contribution in [-0.2, 0) is 6.18 Å². The number of hydrogen-bond donors (Lipinski definition) is 1. The molecule has 134 valence electrons. The average Bonchev–Trinajstić information content (AvgIpc) is 3.25. The van der Waals surface area contributed by atoms with E-state index >= 15 is 0 Å². The summed E-state index contributed by atoms with van der Waals surface area (Å²) in [6.07, 6.45) is -2.01. The third kappa shape index (κ3) is 4.05. The zero-order chi connectivity index (χ0) is 18.7. The predicted octanol–water partition coefficient (Wildman–Crippen LogP) is 5.08. The molecule has 26 heavy (non-hydrogen) atoms. The van der Waals surface area contributed by atoms with Crippen molar-refractivity contribution in [2.75, 3.05) is 0 Å². The maximum Gasteiger partial charge on any atom is 0.417 e. The number of rotatable bonds is 4. The quantitative estimate of drug-likeness (QED) is 0.466. The van der Waals surface area contributed by atoms with Crippen molar-refractivity contribution in [3.8, 4) is 11.3 Å². The number of carbonyl (C=O) groups excluding carboxylic acids is 1. The third-order valence-corrected chi connectivity index (χ3v) is 3.78. The number of amides is 1. The number of furan rings is 2. The third-order valence-electron chi connectivity index (χ3n) is 3.28. The van der Waals surface area contributed by atoms with Crippen LogP contribution in [0.25, 0.3) is 11.3 Å². The van der Waals surface area contributed by atoms with E-state index in [-0.39, 0.29) is 22.8 Å². The van der Waals surface area contributed by atoms with Gasteiger partial charge < -0.3 is 8.83 Å². The van der Waals surface area contributed by atoms with Gasteiger partial charge in [-0.3, -0.25) is 4.79 Å². The Balaban J connectivity index is 1.78. The van der Waals surface area contributed by atoms with Crippen molar-refractivity contribution in [2.45, 2.75) is 6.18 Å². The van der Waals surface area contributed by atoms with E-state index in [4.69, 9.17) is 8.83 Å². The molecule has 0 fully saturated rings. The van der Waals surface area contributed by atoms with Crippen LogP contribution in [-0.4, -0.2) is 12.1 Å². The smallest absolute Gasteiger partial charge is 0.417 e. The van der Waals surface area contributed by atoms with Crippen LogP contribution >= 0.6 is 15.9 Å². The summed E-state index contributed by atoms with van der Waals surface area (Å²) >= 11 is 3.03. The van der Waals surface area contributed by atoms with Crippen molar-refractivity contribution in [2.24, 2.45) is 5.10 Å². The number of nitrogens with one attached hydrogen (secondary N) is 1. The summed E-state index contributed by atoms with van der Waals surface area (Å²) in [5.74, 6) is -0.281. The number of benzene rings is 1. The second-order valence-corrected chi connectivity index (χ2v) is 5.98. The second-order valence-electron chi connectivity index (χ2n) is 5.07. The highest BCUT2D eigenvalue weighted by Gasteiger charge is 2.34. The van der Waals surface area contributed by atoms with Gasteiger partial charge in [0.1, 0.15) is 11.5 Å². The molecule has 0 radical (unpaired) electrons. The second kappa shape index (κ2) is 7.20. The summed E-state index contributed by atoms with van der Waals surface area (Å²) in [5.41, 5.74) is 1.30. The van der Waals surface area contributed by atoms with Gasteiger partial charge in [0.2, 0.25) is 0 Å². The van der Waals surface area contributed by atoms with Crippen LogP contribution in [0.4, 0.5) is 13.2 Å². The molecule has 2 heterocycles. The lowest BCUT2D eigenvalue weighted by Crippen LogP contribution is -2.16. The minimum absolute atomic E-state index is 0.0311. The van der Waals surface area contributed by atoms with E-state index in [2.05, 4.69) is 26.5 Å². The van der Waals surface area contributed by atoms with Crippen molar-refractivity contribution in [3.63, 3.8) is 0 Å². The molecule has 0 spiro atoms. The number of hydrogen-bond acceptors (Lipinski definition) is 4. The van der Waals surface area contributed by atoms with Gasteiger partial charge in [0.25, 0.3) is 0 Å². The molecule has 9 heteroatoms. The van der Waals surface area contributed by atoms with Crippen LogP contribution in [0.15, 0.2) is 67.1 Å². The Hall–Kier alpha value is -2.81. The summed E-state index contributed by atoms with van der Waals surface area (Å²) < 4.78 is 50.2. The Morgan fingerprint density at radius 3 is 2.69 bits per heavy atom. The van der Waals surface area contributed by atoms with Crippen LogP contribution in [0.5, 0.6) is 0 Å². The summed E-state index contributed by atoms with van der Waals surface area (Å²) in [6.45, 7) is 0. The molecule has 0 bridgehead atoms. The van der Waals surface area contributed by atoms with Crippen LogP contribution in [0.3, 0.4) is 0 Å². The molecule has 0 aliphatic rings. The Morgan fingerprint density at radius 1 is 1.19 bits per heavy atom. The minimum atomic E-state index is -4.53. The fourth-order valence-corrected chi connectivity index (χ4v) is 2.51. The monoisotopic (exact) mass is 426 g/mol. The standard InChI is InChI=1S/C17H10BrF3N2O3/c18-10-3-5-12(13(8-10)17(19,20)21)14-6-4-11(26-14)9-22-23-16(24)15-2-1-7-25-15/h1-9H,(H,23,24). The van der Waals surface area contributed by atoms with Crippen LogP contribution in [0.1, 0.15) is 21.9 Å². The molecule has 1 amide bonds. The van der Waals surface area contributed by atoms with E-state index in [1.807, 2.05) is 0 Å². The van der Waals surface area contributed by atoms with Gasteiger partial charge in [0.05, 0.1) is 18.0 Å². The van der Waals surface area contributed by atoms with Crippen molar-refractivity contribution < 1.29 is 26.8 Å². The zero-order valence-electron chi connectivity index (χ0n) is 12.9. The van der Waals surface area contributed by atoms with Gasteiger partial charge in [0.15, 0.2) is 5.76 Å². The highest BCUT2D eigenvalue weighted by Crippen LogP contribution is 2.39. The SMILES string of the molecule is O=C(NN=Cc1ccc(-c2ccc(Br)cc2C(F)(F)F)o1)c1ccco1. The first-order valence-corrected chi connectivity index (χ1v) is 7.98. The van der Waals surface area contributed by atoms with Crippen LogP contribution < -0.4 is 5.43 Å². The Bertz CT molecular complexity index is 947. The van der Waals surface area contributed by atoms with Gasteiger partial charge in [-0.1, -0.05) is 15.9 Å². The summed E-state index contributed by atoms with van der Waals surface area (Å²) in [7, 11) is 0. The average molecular weight is 427 g/mol. The largest absolute Gasteiger partial charge is 0.459 e. The Morgan fingerprint density at radius 2 is 2.00 bits per heavy atom. The number of hydrazone groups is 1. The molecule has 1 aromatic carbocycles. The highest BCUT2D eigenvalue weighted by molar-refractivity contribution is 9.10. The lowest BCUT2D eigenvalue weighted by atomic mass is 10.1. The van der Waals surface area contributed by atoms with Crippen molar-refractivity contribution in [3.05, 3.63) is 70.3 Å². The van der Waals surface area contributed by atoms with Gasteiger partial charge >= 0.3 is 12.1 Å². The van der Waals surface area contributed by atoms with Gasteiger partial charge in [0, 0.05) is 10.0 Å².